The van der Waals surface area contributed by atoms with Gasteiger partial charge in [0.1, 0.15) is 16.8 Å². The number of sulfonamides is 1. The predicted molar refractivity (Wildman–Crippen MR) is 118 cm³/mol. The minimum absolute atomic E-state index is 0.0203. The molecular weight excluding hydrogens is 455 g/mol. The summed E-state index contributed by atoms with van der Waals surface area (Å²) >= 11 is 0. The van der Waals surface area contributed by atoms with E-state index in [9.17, 15) is 21.2 Å². The molecule has 0 saturated carbocycles. The van der Waals surface area contributed by atoms with Crippen molar-refractivity contribution < 1.29 is 26.0 Å². The summed E-state index contributed by atoms with van der Waals surface area (Å²) in [7, 11) is -8.08. The SMILES string of the molecule is CCOc1ccc(S(=O)(=O)C(CNS(=O)(=O)c2ccc(F)cc2C)c2cccnc2)cc1. The lowest BCUT2D eigenvalue weighted by Gasteiger charge is -2.19. The van der Waals surface area contributed by atoms with Crippen LogP contribution >= 0.6 is 0 Å². The van der Waals surface area contributed by atoms with Crippen LogP contribution in [0.5, 0.6) is 5.75 Å². The number of benzene rings is 2. The number of halogens is 1. The second-order valence-corrected chi connectivity index (χ2v) is 10.9. The number of nitrogens with zero attached hydrogens (tertiary/aromatic N) is 1. The van der Waals surface area contributed by atoms with Crippen molar-refractivity contribution in [1.29, 1.82) is 0 Å². The highest BCUT2D eigenvalue weighted by Crippen LogP contribution is 2.30. The van der Waals surface area contributed by atoms with E-state index in [0.717, 1.165) is 18.2 Å². The number of aromatic nitrogens is 1. The molecule has 1 heterocycles. The van der Waals surface area contributed by atoms with E-state index < -0.39 is 37.5 Å². The molecule has 1 atom stereocenters. The minimum Gasteiger partial charge on any atom is -0.494 e. The monoisotopic (exact) mass is 478 g/mol. The van der Waals surface area contributed by atoms with Crippen LogP contribution < -0.4 is 9.46 Å². The van der Waals surface area contributed by atoms with Gasteiger partial charge in [-0.2, -0.15) is 0 Å². The number of hydrogen-bond acceptors (Lipinski definition) is 6. The highest BCUT2D eigenvalue weighted by molar-refractivity contribution is 7.92. The molecule has 3 rings (SSSR count). The van der Waals surface area contributed by atoms with Gasteiger partial charge in [0.05, 0.1) is 16.4 Å². The van der Waals surface area contributed by atoms with E-state index in [1.165, 1.54) is 31.5 Å². The Morgan fingerprint density at radius 2 is 1.78 bits per heavy atom. The van der Waals surface area contributed by atoms with E-state index >= 15 is 0 Å². The van der Waals surface area contributed by atoms with E-state index in [2.05, 4.69) is 9.71 Å². The third kappa shape index (κ3) is 5.32. The van der Waals surface area contributed by atoms with Gasteiger partial charge in [-0.25, -0.2) is 25.9 Å². The van der Waals surface area contributed by atoms with Crippen molar-refractivity contribution in [3.8, 4) is 5.75 Å². The molecule has 0 fully saturated rings. The molecule has 3 aromatic rings. The molecule has 10 heteroatoms. The Kier molecular flexibility index (Phi) is 7.27. The van der Waals surface area contributed by atoms with Crippen LogP contribution in [0, 0.1) is 12.7 Å². The molecule has 32 heavy (non-hydrogen) atoms. The van der Waals surface area contributed by atoms with Crippen molar-refractivity contribution in [3.63, 3.8) is 0 Å². The van der Waals surface area contributed by atoms with Crippen molar-refractivity contribution in [1.82, 2.24) is 9.71 Å². The quantitative estimate of drug-likeness (QED) is 0.506. The highest BCUT2D eigenvalue weighted by atomic mass is 32.2. The molecule has 0 radical (unpaired) electrons. The van der Waals surface area contributed by atoms with Gasteiger partial charge in [0.2, 0.25) is 10.0 Å². The van der Waals surface area contributed by atoms with Crippen LogP contribution in [0.4, 0.5) is 4.39 Å². The Labute approximate surface area is 187 Å². The molecule has 7 nitrogen and oxygen atoms in total. The second-order valence-electron chi connectivity index (χ2n) is 6.99. The van der Waals surface area contributed by atoms with Gasteiger partial charge in [0.25, 0.3) is 0 Å². The summed E-state index contributed by atoms with van der Waals surface area (Å²) in [6, 6.07) is 12.4. The zero-order valence-corrected chi connectivity index (χ0v) is 19.2. The Morgan fingerprint density at radius 3 is 2.38 bits per heavy atom. The first kappa shape index (κ1) is 23.8. The number of nitrogens with one attached hydrogen (secondary N) is 1. The number of hydrogen-bond donors (Lipinski definition) is 1. The summed E-state index contributed by atoms with van der Waals surface area (Å²) < 4.78 is 73.6. The van der Waals surface area contributed by atoms with Gasteiger partial charge in [-0.3, -0.25) is 4.98 Å². The summed E-state index contributed by atoms with van der Waals surface area (Å²) in [6.45, 7) is 3.29. The summed E-state index contributed by atoms with van der Waals surface area (Å²) in [6.07, 6.45) is 2.88. The number of ether oxygens (including phenoxy) is 1. The van der Waals surface area contributed by atoms with Gasteiger partial charge in [-0.1, -0.05) is 6.07 Å². The van der Waals surface area contributed by atoms with Crippen LogP contribution in [-0.4, -0.2) is 35.0 Å². The zero-order valence-electron chi connectivity index (χ0n) is 17.5. The molecule has 170 valence electrons. The Bertz CT molecular complexity index is 1280. The lowest BCUT2D eigenvalue weighted by molar-refractivity contribution is 0.340. The first-order valence-electron chi connectivity index (χ1n) is 9.77. The standard InChI is InChI=1S/C22H23FN2O5S2/c1-3-30-19-7-9-20(10-8-19)31(26,27)22(17-5-4-12-24-14-17)15-25-32(28,29)21-11-6-18(23)13-16(21)2/h4-14,22,25H,3,15H2,1-2H3. The second kappa shape index (κ2) is 9.76. The van der Waals surface area contributed by atoms with Crippen molar-refractivity contribution in [2.24, 2.45) is 0 Å². The number of sulfone groups is 1. The first-order chi connectivity index (χ1) is 15.1. The van der Waals surface area contributed by atoms with Gasteiger partial charge in [-0.05, 0) is 73.5 Å². The Balaban J connectivity index is 1.95. The van der Waals surface area contributed by atoms with Crippen molar-refractivity contribution in [2.75, 3.05) is 13.2 Å². The van der Waals surface area contributed by atoms with Gasteiger partial charge in [0.15, 0.2) is 9.84 Å². The number of aryl methyl sites for hydroxylation is 1. The maximum absolute atomic E-state index is 13.4. The fraction of sp³-hybridized carbons (Fsp3) is 0.227. The molecule has 0 bridgehead atoms. The van der Waals surface area contributed by atoms with E-state index in [-0.39, 0.29) is 15.4 Å². The average Bonchev–Trinajstić information content (AvgIpc) is 2.75. The molecule has 1 N–H and O–H groups in total. The molecule has 0 aliphatic carbocycles. The maximum atomic E-state index is 13.4. The minimum atomic E-state index is -4.09. The van der Waals surface area contributed by atoms with Crippen LogP contribution in [0.2, 0.25) is 0 Å². The Hall–Kier alpha value is -2.82. The van der Waals surface area contributed by atoms with E-state index in [0.29, 0.717) is 17.9 Å². The molecule has 0 aliphatic heterocycles. The van der Waals surface area contributed by atoms with Crippen LogP contribution in [0.3, 0.4) is 0 Å². The summed E-state index contributed by atoms with van der Waals surface area (Å²) in [4.78, 5) is 3.87. The summed E-state index contributed by atoms with van der Waals surface area (Å²) in [5, 5.41) is -1.23. The highest BCUT2D eigenvalue weighted by Gasteiger charge is 2.31. The Morgan fingerprint density at radius 1 is 1.06 bits per heavy atom. The van der Waals surface area contributed by atoms with Crippen LogP contribution in [0.25, 0.3) is 0 Å². The lowest BCUT2D eigenvalue weighted by atomic mass is 10.2. The van der Waals surface area contributed by atoms with E-state index in [1.807, 2.05) is 6.92 Å². The van der Waals surface area contributed by atoms with Crippen LogP contribution in [0.1, 0.15) is 23.3 Å². The topological polar surface area (TPSA) is 102 Å². The molecule has 0 saturated heterocycles. The van der Waals surface area contributed by atoms with Gasteiger partial charge in [-0.15, -0.1) is 0 Å². The summed E-state index contributed by atoms with van der Waals surface area (Å²) in [5.74, 6) is -0.0374. The normalized spacial score (nSPS) is 13.0. The largest absolute Gasteiger partial charge is 0.494 e. The van der Waals surface area contributed by atoms with Crippen LogP contribution in [0.15, 0.2) is 76.8 Å². The first-order valence-corrected chi connectivity index (χ1v) is 12.8. The maximum Gasteiger partial charge on any atom is 0.240 e. The number of pyridine rings is 1. The van der Waals surface area contributed by atoms with E-state index in [4.69, 9.17) is 4.74 Å². The zero-order chi connectivity index (χ0) is 23.4. The average molecular weight is 479 g/mol. The molecule has 0 spiro atoms. The third-order valence-electron chi connectivity index (χ3n) is 4.78. The molecule has 1 aromatic heterocycles. The molecule has 0 amide bonds. The molecule has 1 unspecified atom stereocenters. The lowest BCUT2D eigenvalue weighted by Crippen LogP contribution is -2.32. The fourth-order valence-electron chi connectivity index (χ4n) is 3.21. The summed E-state index contributed by atoms with van der Waals surface area (Å²) in [5.41, 5.74) is 0.546. The molecule has 2 aromatic carbocycles. The van der Waals surface area contributed by atoms with Gasteiger partial charge in [0, 0.05) is 18.9 Å². The van der Waals surface area contributed by atoms with E-state index in [1.54, 1.807) is 24.3 Å². The molecule has 0 aliphatic rings. The van der Waals surface area contributed by atoms with Gasteiger partial charge < -0.3 is 4.74 Å². The fourth-order valence-corrected chi connectivity index (χ4v) is 6.23. The van der Waals surface area contributed by atoms with Gasteiger partial charge >= 0.3 is 0 Å². The number of rotatable bonds is 9. The van der Waals surface area contributed by atoms with Crippen molar-refractivity contribution in [3.05, 3.63) is 83.9 Å². The van der Waals surface area contributed by atoms with Crippen LogP contribution in [-0.2, 0) is 19.9 Å². The third-order valence-corrected chi connectivity index (χ3v) is 8.48. The van der Waals surface area contributed by atoms with Crippen molar-refractivity contribution in [2.45, 2.75) is 28.9 Å². The predicted octanol–water partition coefficient (Wildman–Crippen LogP) is 3.42. The smallest absolute Gasteiger partial charge is 0.240 e. The van der Waals surface area contributed by atoms with Crippen molar-refractivity contribution >= 4 is 19.9 Å². The molecular formula is C22H23FN2O5S2.